The van der Waals surface area contributed by atoms with Crippen LogP contribution in [0, 0.1) is 6.92 Å². The van der Waals surface area contributed by atoms with E-state index in [1.807, 2.05) is 13.1 Å². The summed E-state index contributed by atoms with van der Waals surface area (Å²) >= 11 is 0. The molecule has 0 radical (unpaired) electrons. The van der Waals surface area contributed by atoms with Crippen LogP contribution in [0.4, 0.5) is 5.69 Å². The zero-order chi connectivity index (χ0) is 9.80. The molecule has 1 aromatic heterocycles. The van der Waals surface area contributed by atoms with E-state index in [9.17, 15) is 0 Å². The summed E-state index contributed by atoms with van der Waals surface area (Å²) < 4.78 is 0. The average Bonchev–Trinajstić information content (AvgIpc) is 2.45. The lowest BCUT2D eigenvalue weighted by Crippen LogP contribution is -2.27. The maximum Gasteiger partial charge on any atom is 0.0400 e. The zero-order valence-corrected chi connectivity index (χ0v) is 8.66. The molecule has 3 heteroatoms. The van der Waals surface area contributed by atoms with Gasteiger partial charge in [-0.3, -0.25) is 4.98 Å². The van der Waals surface area contributed by atoms with Crippen LogP contribution in [-0.4, -0.2) is 31.2 Å². The monoisotopic (exact) mass is 191 g/mol. The summed E-state index contributed by atoms with van der Waals surface area (Å²) in [6.07, 6.45) is 3.12. The Hall–Kier alpha value is -1.09. The number of nitrogens with one attached hydrogen (secondary N) is 1. The van der Waals surface area contributed by atoms with Gasteiger partial charge in [-0.15, -0.1) is 0 Å². The van der Waals surface area contributed by atoms with E-state index in [-0.39, 0.29) is 0 Å². The Morgan fingerprint density at radius 3 is 3.14 bits per heavy atom. The van der Waals surface area contributed by atoms with E-state index in [1.165, 1.54) is 12.1 Å². The van der Waals surface area contributed by atoms with Crippen molar-refractivity contribution in [1.29, 1.82) is 0 Å². The van der Waals surface area contributed by atoms with E-state index < -0.39 is 0 Å². The van der Waals surface area contributed by atoms with Crippen LogP contribution in [-0.2, 0) is 0 Å². The van der Waals surface area contributed by atoms with Crippen molar-refractivity contribution in [2.45, 2.75) is 13.3 Å². The molecular formula is C11H17N3. The molecule has 1 aliphatic rings. The fraction of sp³-hybridized carbons (Fsp3) is 0.545. The highest BCUT2D eigenvalue weighted by Gasteiger charge is 2.08. The fourth-order valence-electron chi connectivity index (χ4n) is 1.83. The minimum atomic E-state index is 1.08. The number of pyridine rings is 1. The Kier molecular flexibility index (Phi) is 2.99. The molecule has 0 aliphatic carbocycles. The molecule has 2 heterocycles. The third-order valence-corrected chi connectivity index (χ3v) is 2.59. The van der Waals surface area contributed by atoms with Crippen LogP contribution in [0.5, 0.6) is 0 Å². The molecule has 0 unspecified atom stereocenters. The summed E-state index contributed by atoms with van der Waals surface area (Å²) in [6.45, 7) is 6.52. The standard InChI is InChI=1S/C11H17N3/c1-10-9-11(3-5-13-10)14-7-2-4-12-6-8-14/h3,5,9,12H,2,4,6-8H2,1H3. The van der Waals surface area contributed by atoms with Crippen LogP contribution in [0.3, 0.4) is 0 Å². The summed E-state index contributed by atoms with van der Waals surface area (Å²) in [4.78, 5) is 6.64. The average molecular weight is 191 g/mol. The summed E-state index contributed by atoms with van der Waals surface area (Å²) in [7, 11) is 0. The summed E-state index contributed by atoms with van der Waals surface area (Å²) in [6, 6.07) is 4.25. The minimum absolute atomic E-state index is 1.08. The fourth-order valence-corrected chi connectivity index (χ4v) is 1.83. The quantitative estimate of drug-likeness (QED) is 0.722. The predicted octanol–water partition coefficient (Wildman–Crippen LogP) is 1.19. The Morgan fingerprint density at radius 1 is 1.36 bits per heavy atom. The largest absolute Gasteiger partial charge is 0.370 e. The van der Waals surface area contributed by atoms with E-state index in [2.05, 4.69) is 27.3 Å². The van der Waals surface area contributed by atoms with E-state index in [4.69, 9.17) is 0 Å². The third kappa shape index (κ3) is 2.23. The lowest BCUT2D eigenvalue weighted by molar-refractivity contribution is 0.724. The molecule has 0 atom stereocenters. The van der Waals surface area contributed by atoms with Gasteiger partial charge in [-0.05, 0) is 32.0 Å². The van der Waals surface area contributed by atoms with Gasteiger partial charge in [0.25, 0.3) is 0 Å². The van der Waals surface area contributed by atoms with Crippen molar-refractivity contribution in [3.05, 3.63) is 24.0 Å². The van der Waals surface area contributed by atoms with Crippen molar-refractivity contribution in [1.82, 2.24) is 10.3 Å². The Morgan fingerprint density at radius 2 is 2.29 bits per heavy atom. The molecule has 76 valence electrons. The molecule has 0 saturated carbocycles. The minimum Gasteiger partial charge on any atom is -0.370 e. The molecule has 1 aromatic rings. The van der Waals surface area contributed by atoms with Gasteiger partial charge in [-0.1, -0.05) is 0 Å². The number of hydrogen-bond donors (Lipinski definition) is 1. The van der Waals surface area contributed by atoms with Crippen LogP contribution in [0.1, 0.15) is 12.1 Å². The van der Waals surface area contributed by atoms with Gasteiger partial charge < -0.3 is 10.2 Å². The summed E-state index contributed by atoms with van der Waals surface area (Å²) in [5, 5.41) is 3.40. The molecule has 0 spiro atoms. The number of rotatable bonds is 1. The van der Waals surface area contributed by atoms with Crippen LogP contribution < -0.4 is 10.2 Å². The Labute approximate surface area is 85.1 Å². The molecular weight excluding hydrogens is 174 g/mol. The van der Waals surface area contributed by atoms with E-state index in [0.717, 1.165) is 31.9 Å². The first-order valence-electron chi connectivity index (χ1n) is 5.24. The number of nitrogens with zero attached hydrogens (tertiary/aromatic N) is 2. The van der Waals surface area contributed by atoms with Gasteiger partial charge in [0, 0.05) is 37.2 Å². The summed E-state index contributed by atoms with van der Waals surface area (Å²) in [5.41, 5.74) is 2.40. The Balaban J connectivity index is 2.12. The van der Waals surface area contributed by atoms with Crippen molar-refractivity contribution in [3.63, 3.8) is 0 Å². The second kappa shape index (κ2) is 4.42. The van der Waals surface area contributed by atoms with Gasteiger partial charge in [0.2, 0.25) is 0 Å². The number of aryl methyl sites for hydroxylation is 1. The van der Waals surface area contributed by atoms with Gasteiger partial charge in [-0.2, -0.15) is 0 Å². The van der Waals surface area contributed by atoms with Gasteiger partial charge >= 0.3 is 0 Å². The van der Waals surface area contributed by atoms with Crippen LogP contribution >= 0.6 is 0 Å². The van der Waals surface area contributed by atoms with Gasteiger partial charge in [-0.25, -0.2) is 0 Å². The first-order valence-corrected chi connectivity index (χ1v) is 5.24. The highest BCUT2D eigenvalue weighted by atomic mass is 15.2. The van der Waals surface area contributed by atoms with E-state index in [0.29, 0.717) is 0 Å². The molecule has 3 nitrogen and oxygen atoms in total. The second-order valence-electron chi connectivity index (χ2n) is 3.75. The SMILES string of the molecule is Cc1cc(N2CCCNCC2)ccn1. The lowest BCUT2D eigenvalue weighted by Gasteiger charge is -2.22. The molecule has 0 aromatic carbocycles. The van der Waals surface area contributed by atoms with Crippen molar-refractivity contribution in [2.75, 3.05) is 31.1 Å². The molecule has 1 N–H and O–H groups in total. The van der Waals surface area contributed by atoms with Gasteiger partial charge in [0.1, 0.15) is 0 Å². The van der Waals surface area contributed by atoms with Crippen LogP contribution in [0.2, 0.25) is 0 Å². The molecule has 0 amide bonds. The van der Waals surface area contributed by atoms with Crippen LogP contribution in [0.25, 0.3) is 0 Å². The van der Waals surface area contributed by atoms with Crippen molar-refractivity contribution in [2.24, 2.45) is 0 Å². The number of anilines is 1. The van der Waals surface area contributed by atoms with E-state index >= 15 is 0 Å². The molecule has 0 bridgehead atoms. The van der Waals surface area contributed by atoms with Crippen molar-refractivity contribution < 1.29 is 0 Å². The summed E-state index contributed by atoms with van der Waals surface area (Å²) in [5.74, 6) is 0. The highest BCUT2D eigenvalue weighted by Crippen LogP contribution is 2.14. The molecule has 1 saturated heterocycles. The van der Waals surface area contributed by atoms with E-state index in [1.54, 1.807) is 0 Å². The molecule has 14 heavy (non-hydrogen) atoms. The maximum atomic E-state index is 4.22. The first-order chi connectivity index (χ1) is 6.86. The van der Waals surface area contributed by atoms with Gasteiger partial charge in [0.15, 0.2) is 0 Å². The molecule has 1 fully saturated rings. The predicted molar refractivity (Wildman–Crippen MR) is 58.7 cm³/mol. The second-order valence-corrected chi connectivity index (χ2v) is 3.75. The lowest BCUT2D eigenvalue weighted by atomic mass is 10.3. The first kappa shape index (κ1) is 9.46. The number of hydrogen-bond acceptors (Lipinski definition) is 3. The van der Waals surface area contributed by atoms with Crippen molar-refractivity contribution >= 4 is 5.69 Å². The molecule has 1 aliphatic heterocycles. The highest BCUT2D eigenvalue weighted by molar-refractivity contribution is 5.46. The van der Waals surface area contributed by atoms with Crippen molar-refractivity contribution in [3.8, 4) is 0 Å². The zero-order valence-electron chi connectivity index (χ0n) is 8.66. The normalized spacial score (nSPS) is 17.9. The van der Waals surface area contributed by atoms with Gasteiger partial charge in [0.05, 0.1) is 0 Å². The molecule has 2 rings (SSSR count). The third-order valence-electron chi connectivity index (χ3n) is 2.59. The smallest absolute Gasteiger partial charge is 0.0400 e. The Bertz CT molecular complexity index is 290. The number of aromatic nitrogens is 1. The maximum absolute atomic E-state index is 4.22. The van der Waals surface area contributed by atoms with Crippen LogP contribution in [0.15, 0.2) is 18.3 Å². The topological polar surface area (TPSA) is 28.2 Å².